The Morgan fingerprint density at radius 3 is 2.52 bits per heavy atom. The number of hydrogen-bond donors (Lipinski definition) is 2. The topological polar surface area (TPSA) is 91.2 Å². The molecular formula is C25H19Cl2N3O3. The zero-order valence-corrected chi connectivity index (χ0v) is 19.1. The standard InChI is InChI=1S/C25H19Cl2N3O3/c1-16-5-2-3-8-22(16)30-24(31)15-33-23-10-9-17(12-21(23)27)11-18(14-28)25(32)29-20-7-4-6-19(26)13-20/h2-13H,15H2,1H3,(H,29,32)(H,30,31)/b18-11-. The molecule has 0 aliphatic carbocycles. The van der Waals surface area contributed by atoms with Gasteiger partial charge in [0.05, 0.1) is 5.02 Å². The molecule has 0 heterocycles. The van der Waals surface area contributed by atoms with Crippen LogP contribution in [0.4, 0.5) is 11.4 Å². The first-order chi connectivity index (χ1) is 15.9. The van der Waals surface area contributed by atoms with Gasteiger partial charge < -0.3 is 15.4 Å². The van der Waals surface area contributed by atoms with Gasteiger partial charge in [-0.3, -0.25) is 9.59 Å². The van der Waals surface area contributed by atoms with E-state index >= 15 is 0 Å². The molecule has 0 radical (unpaired) electrons. The number of amides is 2. The summed E-state index contributed by atoms with van der Waals surface area (Å²) in [6.45, 7) is 1.67. The van der Waals surface area contributed by atoms with Crippen LogP contribution in [0.1, 0.15) is 11.1 Å². The smallest absolute Gasteiger partial charge is 0.266 e. The van der Waals surface area contributed by atoms with Gasteiger partial charge in [0.2, 0.25) is 0 Å². The third kappa shape index (κ3) is 6.84. The molecule has 0 aliphatic rings. The van der Waals surface area contributed by atoms with Gasteiger partial charge in [0, 0.05) is 16.4 Å². The van der Waals surface area contributed by atoms with Crippen LogP contribution in [0.15, 0.2) is 72.3 Å². The number of aryl methyl sites for hydroxylation is 1. The van der Waals surface area contributed by atoms with E-state index in [0.717, 1.165) is 5.56 Å². The number of hydrogen-bond acceptors (Lipinski definition) is 4. The van der Waals surface area contributed by atoms with Crippen molar-refractivity contribution in [3.8, 4) is 11.8 Å². The molecule has 3 rings (SSSR count). The Morgan fingerprint density at radius 1 is 1.03 bits per heavy atom. The van der Waals surface area contributed by atoms with Gasteiger partial charge >= 0.3 is 0 Å². The van der Waals surface area contributed by atoms with Crippen LogP contribution in [-0.4, -0.2) is 18.4 Å². The van der Waals surface area contributed by atoms with Crippen molar-refractivity contribution in [2.45, 2.75) is 6.92 Å². The lowest BCUT2D eigenvalue weighted by molar-refractivity contribution is -0.118. The predicted molar refractivity (Wildman–Crippen MR) is 130 cm³/mol. The van der Waals surface area contributed by atoms with E-state index in [1.807, 2.05) is 31.2 Å². The van der Waals surface area contributed by atoms with Crippen LogP contribution in [0.25, 0.3) is 6.08 Å². The van der Waals surface area contributed by atoms with Gasteiger partial charge in [-0.1, -0.05) is 53.5 Å². The van der Waals surface area contributed by atoms with E-state index < -0.39 is 5.91 Å². The maximum Gasteiger partial charge on any atom is 0.266 e. The van der Waals surface area contributed by atoms with E-state index in [2.05, 4.69) is 10.6 Å². The van der Waals surface area contributed by atoms with Crippen LogP contribution in [0, 0.1) is 18.3 Å². The van der Waals surface area contributed by atoms with Crippen molar-refractivity contribution in [2.75, 3.05) is 17.2 Å². The number of anilines is 2. The van der Waals surface area contributed by atoms with E-state index in [1.54, 1.807) is 48.5 Å². The Hall–Kier alpha value is -3.79. The van der Waals surface area contributed by atoms with Crippen LogP contribution in [0.5, 0.6) is 5.75 Å². The molecular weight excluding hydrogens is 461 g/mol. The monoisotopic (exact) mass is 479 g/mol. The summed E-state index contributed by atoms with van der Waals surface area (Å²) in [6, 6.07) is 20.6. The summed E-state index contributed by atoms with van der Waals surface area (Å²) < 4.78 is 5.51. The summed E-state index contributed by atoms with van der Waals surface area (Å²) in [6.07, 6.45) is 1.40. The normalized spacial score (nSPS) is 10.8. The maximum absolute atomic E-state index is 12.4. The van der Waals surface area contributed by atoms with Crippen LogP contribution in [0.3, 0.4) is 0 Å². The van der Waals surface area contributed by atoms with E-state index in [9.17, 15) is 14.9 Å². The molecule has 3 aromatic rings. The number of nitrogens with one attached hydrogen (secondary N) is 2. The Morgan fingerprint density at radius 2 is 1.82 bits per heavy atom. The van der Waals surface area contributed by atoms with E-state index in [0.29, 0.717) is 27.7 Å². The minimum absolute atomic E-state index is 0.114. The van der Waals surface area contributed by atoms with Crippen molar-refractivity contribution in [1.29, 1.82) is 5.26 Å². The number of ether oxygens (including phenoxy) is 1. The number of benzene rings is 3. The summed E-state index contributed by atoms with van der Waals surface area (Å²) in [5.74, 6) is -0.603. The molecule has 2 N–H and O–H groups in total. The minimum Gasteiger partial charge on any atom is -0.482 e. The molecule has 0 aromatic heterocycles. The molecule has 3 aromatic carbocycles. The first-order valence-corrected chi connectivity index (χ1v) is 10.6. The molecule has 0 saturated heterocycles. The molecule has 8 heteroatoms. The summed E-state index contributed by atoms with van der Waals surface area (Å²) in [5, 5.41) is 15.5. The molecule has 0 bridgehead atoms. The van der Waals surface area contributed by atoms with Crippen molar-refractivity contribution in [3.63, 3.8) is 0 Å². The molecule has 166 valence electrons. The van der Waals surface area contributed by atoms with Gasteiger partial charge in [0.1, 0.15) is 17.4 Å². The highest BCUT2D eigenvalue weighted by atomic mass is 35.5. The molecule has 0 atom stereocenters. The van der Waals surface area contributed by atoms with E-state index in [1.165, 1.54) is 6.08 Å². The number of carbonyl (C=O) groups excluding carboxylic acids is 2. The van der Waals surface area contributed by atoms with E-state index in [4.69, 9.17) is 27.9 Å². The van der Waals surface area contributed by atoms with Crippen LogP contribution in [0.2, 0.25) is 10.0 Å². The predicted octanol–water partition coefficient (Wildman–Crippen LogP) is 5.87. The lowest BCUT2D eigenvalue weighted by Crippen LogP contribution is -2.20. The Bertz CT molecular complexity index is 1270. The highest BCUT2D eigenvalue weighted by molar-refractivity contribution is 6.32. The summed E-state index contributed by atoms with van der Waals surface area (Å²) >= 11 is 12.2. The first-order valence-electron chi connectivity index (χ1n) is 9.82. The molecule has 0 aliphatic heterocycles. The second-order valence-corrected chi connectivity index (χ2v) is 7.82. The van der Waals surface area contributed by atoms with Gasteiger partial charge in [-0.15, -0.1) is 0 Å². The van der Waals surface area contributed by atoms with Gasteiger partial charge in [-0.05, 0) is 60.5 Å². The van der Waals surface area contributed by atoms with Crippen molar-refractivity contribution < 1.29 is 14.3 Å². The van der Waals surface area contributed by atoms with Crippen molar-refractivity contribution in [2.24, 2.45) is 0 Å². The molecule has 0 unspecified atom stereocenters. The number of para-hydroxylation sites is 1. The highest BCUT2D eigenvalue weighted by Crippen LogP contribution is 2.27. The van der Waals surface area contributed by atoms with Gasteiger partial charge in [0.25, 0.3) is 11.8 Å². The fraction of sp³-hybridized carbons (Fsp3) is 0.0800. The molecule has 33 heavy (non-hydrogen) atoms. The lowest BCUT2D eigenvalue weighted by atomic mass is 10.1. The van der Waals surface area contributed by atoms with Crippen molar-refractivity contribution >= 4 is 52.5 Å². The SMILES string of the molecule is Cc1ccccc1NC(=O)COc1ccc(/C=C(/C#N)C(=O)Nc2cccc(Cl)c2)cc1Cl. The minimum atomic E-state index is -0.580. The number of nitriles is 1. The van der Waals surface area contributed by atoms with Crippen LogP contribution < -0.4 is 15.4 Å². The zero-order valence-electron chi connectivity index (χ0n) is 17.6. The Kier molecular flexibility index (Phi) is 8.09. The second kappa shape index (κ2) is 11.2. The number of rotatable bonds is 7. The first kappa shape index (κ1) is 23.9. The van der Waals surface area contributed by atoms with E-state index in [-0.39, 0.29) is 23.1 Å². The summed E-state index contributed by atoms with van der Waals surface area (Å²) in [5.41, 5.74) is 2.52. The molecule has 2 amide bonds. The van der Waals surface area contributed by atoms with Gasteiger partial charge in [0.15, 0.2) is 6.61 Å². The molecule has 0 spiro atoms. The largest absolute Gasteiger partial charge is 0.482 e. The van der Waals surface area contributed by atoms with Crippen molar-refractivity contribution in [1.82, 2.24) is 0 Å². The summed E-state index contributed by atoms with van der Waals surface area (Å²) in [7, 11) is 0. The summed E-state index contributed by atoms with van der Waals surface area (Å²) in [4.78, 5) is 24.6. The molecule has 0 saturated carbocycles. The molecule has 0 fully saturated rings. The fourth-order valence-corrected chi connectivity index (χ4v) is 3.28. The fourth-order valence-electron chi connectivity index (χ4n) is 2.85. The Labute approximate surface area is 201 Å². The third-order valence-electron chi connectivity index (χ3n) is 4.49. The maximum atomic E-state index is 12.4. The highest BCUT2D eigenvalue weighted by Gasteiger charge is 2.12. The zero-order chi connectivity index (χ0) is 23.8. The van der Waals surface area contributed by atoms with Crippen LogP contribution >= 0.6 is 23.2 Å². The van der Waals surface area contributed by atoms with Gasteiger partial charge in [-0.2, -0.15) is 5.26 Å². The van der Waals surface area contributed by atoms with Gasteiger partial charge in [-0.25, -0.2) is 0 Å². The molecule has 6 nitrogen and oxygen atoms in total. The van der Waals surface area contributed by atoms with Crippen LogP contribution in [-0.2, 0) is 9.59 Å². The lowest BCUT2D eigenvalue weighted by Gasteiger charge is -2.11. The average Bonchev–Trinajstić information content (AvgIpc) is 2.78. The second-order valence-electron chi connectivity index (χ2n) is 6.98. The third-order valence-corrected chi connectivity index (χ3v) is 5.02. The number of halogens is 2. The average molecular weight is 480 g/mol. The quantitative estimate of drug-likeness (QED) is 0.327. The van der Waals surface area contributed by atoms with Crippen molar-refractivity contribution in [3.05, 3.63) is 93.5 Å². The number of nitrogens with zero attached hydrogens (tertiary/aromatic N) is 1. The number of carbonyl (C=O) groups is 2. The Balaban J connectivity index is 1.64.